The van der Waals surface area contributed by atoms with Crippen molar-refractivity contribution in [1.29, 1.82) is 5.26 Å². The third-order valence-corrected chi connectivity index (χ3v) is 7.21. The fourth-order valence-electron chi connectivity index (χ4n) is 4.12. The second kappa shape index (κ2) is 12.3. The molecule has 1 atom stereocenters. The Kier molecular flexibility index (Phi) is 8.71. The van der Waals surface area contributed by atoms with Crippen LogP contribution >= 0.6 is 11.3 Å². The van der Waals surface area contributed by atoms with Gasteiger partial charge in [-0.3, -0.25) is 4.79 Å². The number of rotatable bonds is 9. The SMILES string of the molecule is Cc1ccsc1CN(Cc1ccccc1)C(=O)CN(CC1CCCO1)C(=O)Nc1ccc(C#N)cc1. The van der Waals surface area contributed by atoms with Crippen LogP contribution < -0.4 is 5.32 Å². The van der Waals surface area contributed by atoms with E-state index in [0.717, 1.165) is 28.8 Å². The highest BCUT2D eigenvalue weighted by molar-refractivity contribution is 7.10. The van der Waals surface area contributed by atoms with E-state index < -0.39 is 0 Å². The molecule has 7 nitrogen and oxygen atoms in total. The first-order chi connectivity index (χ1) is 17.5. The molecule has 1 aliphatic rings. The number of urea groups is 1. The molecule has 2 aromatic carbocycles. The minimum Gasteiger partial charge on any atom is -0.376 e. The number of ether oxygens (including phenoxy) is 1. The van der Waals surface area contributed by atoms with Crippen LogP contribution in [0.4, 0.5) is 10.5 Å². The van der Waals surface area contributed by atoms with Gasteiger partial charge in [0.2, 0.25) is 5.91 Å². The zero-order valence-electron chi connectivity index (χ0n) is 20.4. The van der Waals surface area contributed by atoms with Crippen molar-refractivity contribution in [3.05, 3.63) is 87.6 Å². The molecule has 8 heteroatoms. The van der Waals surface area contributed by atoms with E-state index in [0.29, 0.717) is 37.5 Å². The van der Waals surface area contributed by atoms with Crippen LogP contribution in [0.3, 0.4) is 0 Å². The molecule has 0 spiro atoms. The number of nitriles is 1. The zero-order valence-corrected chi connectivity index (χ0v) is 21.2. The van der Waals surface area contributed by atoms with Gasteiger partial charge in [0.05, 0.1) is 24.3 Å². The van der Waals surface area contributed by atoms with Gasteiger partial charge in [0.25, 0.3) is 0 Å². The molecular formula is C28H30N4O3S. The number of anilines is 1. The average molecular weight is 503 g/mol. The van der Waals surface area contributed by atoms with Crippen LogP contribution in [0.2, 0.25) is 0 Å². The quantitative estimate of drug-likeness (QED) is 0.437. The third kappa shape index (κ3) is 6.94. The van der Waals surface area contributed by atoms with E-state index in [1.54, 1.807) is 35.6 Å². The van der Waals surface area contributed by atoms with Crippen LogP contribution in [0.15, 0.2) is 66.0 Å². The van der Waals surface area contributed by atoms with Crippen LogP contribution in [0.1, 0.15) is 34.4 Å². The molecule has 0 radical (unpaired) electrons. The van der Waals surface area contributed by atoms with Crippen molar-refractivity contribution in [2.24, 2.45) is 0 Å². The van der Waals surface area contributed by atoms with Crippen molar-refractivity contribution in [3.8, 4) is 6.07 Å². The van der Waals surface area contributed by atoms with Crippen molar-refractivity contribution < 1.29 is 14.3 Å². The van der Waals surface area contributed by atoms with E-state index in [4.69, 9.17) is 10.00 Å². The van der Waals surface area contributed by atoms with Gasteiger partial charge in [-0.2, -0.15) is 5.26 Å². The summed E-state index contributed by atoms with van der Waals surface area (Å²) in [6, 6.07) is 20.3. The van der Waals surface area contributed by atoms with Crippen LogP contribution in [-0.2, 0) is 22.6 Å². The molecule has 4 rings (SSSR count). The summed E-state index contributed by atoms with van der Waals surface area (Å²) in [6.45, 7) is 3.95. The smallest absolute Gasteiger partial charge is 0.322 e. The van der Waals surface area contributed by atoms with E-state index >= 15 is 0 Å². The first kappa shape index (κ1) is 25.4. The van der Waals surface area contributed by atoms with Crippen molar-refractivity contribution in [1.82, 2.24) is 9.80 Å². The standard InChI is InChI=1S/C28H30N4O3S/c1-21-13-15-36-26(21)19-31(17-23-6-3-2-4-7-23)27(33)20-32(18-25-8-5-14-35-25)28(34)30-24-11-9-22(16-29)10-12-24/h2-4,6-7,9-13,15,25H,5,8,14,17-20H2,1H3,(H,30,34). The molecule has 1 saturated heterocycles. The number of benzene rings is 2. The molecule has 1 unspecified atom stereocenters. The second-order valence-electron chi connectivity index (χ2n) is 8.90. The molecule has 1 N–H and O–H groups in total. The molecular weight excluding hydrogens is 472 g/mol. The summed E-state index contributed by atoms with van der Waals surface area (Å²) in [5.74, 6) is -0.125. The minimum atomic E-state index is -0.365. The maximum atomic E-state index is 13.6. The maximum absolute atomic E-state index is 13.6. The highest BCUT2D eigenvalue weighted by Crippen LogP contribution is 2.21. The normalized spacial score (nSPS) is 14.7. The summed E-state index contributed by atoms with van der Waals surface area (Å²) < 4.78 is 5.77. The molecule has 3 amide bonds. The Labute approximate surface area is 215 Å². The first-order valence-corrected chi connectivity index (χ1v) is 12.9. The Morgan fingerprint density at radius 2 is 1.86 bits per heavy atom. The third-order valence-electron chi connectivity index (χ3n) is 6.20. The number of nitrogens with zero attached hydrogens (tertiary/aromatic N) is 3. The lowest BCUT2D eigenvalue weighted by Crippen LogP contribution is -2.46. The van der Waals surface area contributed by atoms with Crippen molar-refractivity contribution in [2.75, 3.05) is 25.0 Å². The number of aryl methyl sites for hydroxylation is 1. The fraction of sp³-hybridized carbons (Fsp3) is 0.321. The number of amides is 3. The Hall–Kier alpha value is -3.67. The molecule has 1 aromatic heterocycles. The van der Waals surface area contributed by atoms with Gasteiger partial charge in [0.15, 0.2) is 0 Å². The Morgan fingerprint density at radius 1 is 1.08 bits per heavy atom. The lowest BCUT2D eigenvalue weighted by molar-refractivity contribution is -0.133. The van der Waals surface area contributed by atoms with Gasteiger partial charge in [-0.05, 0) is 66.6 Å². The summed E-state index contributed by atoms with van der Waals surface area (Å²) in [4.78, 5) is 31.4. The predicted octanol–water partition coefficient (Wildman–Crippen LogP) is 5.17. The van der Waals surface area contributed by atoms with Crippen molar-refractivity contribution >= 4 is 29.0 Å². The Bertz CT molecular complexity index is 1200. The Balaban J connectivity index is 1.51. The van der Waals surface area contributed by atoms with Crippen LogP contribution in [-0.4, -0.2) is 47.5 Å². The topological polar surface area (TPSA) is 85.7 Å². The molecule has 0 saturated carbocycles. The van der Waals surface area contributed by atoms with E-state index in [9.17, 15) is 9.59 Å². The van der Waals surface area contributed by atoms with Crippen LogP contribution in [0, 0.1) is 18.3 Å². The molecule has 186 valence electrons. The zero-order chi connectivity index (χ0) is 25.3. The maximum Gasteiger partial charge on any atom is 0.322 e. The molecule has 2 heterocycles. The van der Waals surface area contributed by atoms with Crippen molar-refractivity contribution in [3.63, 3.8) is 0 Å². The summed E-state index contributed by atoms with van der Waals surface area (Å²) in [5, 5.41) is 13.9. The van der Waals surface area contributed by atoms with Gasteiger partial charge in [0, 0.05) is 30.3 Å². The summed E-state index contributed by atoms with van der Waals surface area (Å²) in [6.07, 6.45) is 1.71. The van der Waals surface area contributed by atoms with E-state index in [2.05, 4.69) is 17.5 Å². The van der Waals surface area contributed by atoms with Gasteiger partial charge >= 0.3 is 6.03 Å². The minimum absolute atomic E-state index is 0.0563. The van der Waals surface area contributed by atoms with Gasteiger partial charge in [0.1, 0.15) is 6.54 Å². The molecule has 0 bridgehead atoms. The number of carbonyl (C=O) groups is 2. The van der Waals surface area contributed by atoms with Crippen LogP contribution in [0.25, 0.3) is 0 Å². The van der Waals surface area contributed by atoms with Gasteiger partial charge in [-0.25, -0.2) is 4.79 Å². The summed E-state index contributed by atoms with van der Waals surface area (Å²) in [7, 11) is 0. The average Bonchev–Trinajstić information content (AvgIpc) is 3.56. The highest BCUT2D eigenvalue weighted by atomic mass is 32.1. The van der Waals surface area contributed by atoms with Crippen molar-refractivity contribution in [2.45, 2.75) is 39.0 Å². The van der Waals surface area contributed by atoms with Crippen LogP contribution in [0.5, 0.6) is 0 Å². The van der Waals surface area contributed by atoms with E-state index in [-0.39, 0.29) is 24.6 Å². The first-order valence-electron chi connectivity index (χ1n) is 12.0. The molecule has 36 heavy (non-hydrogen) atoms. The molecule has 1 aliphatic heterocycles. The largest absolute Gasteiger partial charge is 0.376 e. The highest BCUT2D eigenvalue weighted by Gasteiger charge is 2.27. The van der Waals surface area contributed by atoms with E-state index in [1.807, 2.05) is 47.5 Å². The second-order valence-corrected chi connectivity index (χ2v) is 9.90. The molecule has 1 fully saturated rings. The Morgan fingerprint density at radius 3 is 2.50 bits per heavy atom. The fourth-order valence-corrected chi connectivity index (χ4v) is 5.04. The predicted molar refractivity (Wildman–Crippen MR) is 140 cm³/mol. The molecule has 3 aromatic rings. The van der Waals surface area contributed by atoms with Gasteiger partial charge < -0.3 is 19.9 Å². The lowest BCUT2D eigenvalue weighted by Gasteiger charge is -2.29. The number of hydrogen-bond acceptors (Lipinski definition) is 5. The van der Waals surface area contributed by atoms with Gasteiger partial charge in [-0.1, -0.05) is 30.3 Å². The number of hydrogen-bond donors (Lipinski definition) is 1. The number of nitrogens with one attached hydrogen (secondary N) is 1. The summed E-state index contributed by atoms with van der Waals surface area (Å²) in [5.41, 5.74) is 3.27. The van der Waals surface area contributed by atoms with E-state index in [1.165, 1.54) is 4.90 Å². The molecule has 0 aliphatic carbocycles. The summed E-state index contributed by atoms with van der Waals surface area (Å²) >= 11 is 1.63. The lowest BCUT2D eigenvalue weighted by atomic mass is 10.2. The number of carbonyl (C=O) groups excluding carboxylic acids is 2. The van der Waals surface area contributed by atoms with Gasteiger partial charge in [-0.15, -0.1) is 11.3 Å². The number of thiophene rings is 1. The monoisotopic (exact) mass is 502 g/mol.